The van der Waals surface area contributed by atoms with Crippen LogP contribution in [0.4, 0.5) is 0 Å². The zero-order valence-corrected chi connectivity index (χ0v) is 12.5. The third-order valence-corrected chi connectivity index (χ3v) is 3.33. The van der Waals surface area contributed by atoms with Gasteiger partial charge in [-0.2, -0.15) is 5.10 Å². The topological polar surface area (TPSA) is 43.6 Å². The smallest absolute Gasteiger partial charge is 0.161 e. The number of halogens is 1. The molecule has 0 spiro atoms. The van der Waals surface area contributed by atoms with Crippen LogP contribution in [-0.4, -0.2) is 19.7 Å². The van der Waals surface area contributed by atoms with E-state index < -0.39 is 0 Å². The molecule has 0 radical (unpaired) electrons. The first-order valence-corrected chi connectivity index (χ1v) is 7.28. The Hall–Kier alpha value is -2.20. The van der Waals surface area contributed by atoms with Crippen molar-refractivity contribution in [2.45, 2.75) is 19.9 Å². The predicted molar refractivity (Wildman–Crippen MR) is 84.0 cm³/mol. The van der Waals surface area contributed by atoms with Crippen molar-refractivity contribution in [1.29, 1.82) is 0 Å². The van der Waals surface area contributed by atoms with E-state index in [1.54, 1.807) is 12.3 Å². The normalized spacial score (nSPS) is 10.8. The molecular formula is C16H15ClN4. The standard InChI is InChI=1S/C16H15ClN4/c1-2-10-21-14(8-9-18-21)13-11-15(17)20-16(19-13)12-6-4-3-5-7-12/h3-9,11H,2,10H2,1H3. The van der Waals surface area contributed by atoms with Gasteiger partial charge in [-0.1, -0.05) is 48.9 Å². The minimum Gasteiger partial charge on any atom is -0.263 e. The summed E-state index contributed by atoms with van der Waals surface area (Å²) < 4.78 is 1.94. The third kappa shape index (κ3) is 2.95. The summed E-state index contributed by atoms with van der Waals surface area (Å²) in [5, 5.41) is 4.76. The second-order valence-electron chi connectivity index (χ2n) is 4.71. The lowest BCUT2D eigenvalue weighted by molar-refractivity contribution is 0.608. The Morgan fingerprint density at radius 3 is 2.67 bits per heavy atom. The highest BCUT2D eigenvalue weighted by atomic mass is 35.5. The van der Waals surface area contributed by atoms with Crippen molar-refractivity contribution in [2.24, 2.45) is 0 Å². The van der Waals surface area contributed by atoms with Gasteiger partial charge < -0.3 is 0 Å². The van der Waals surface area contributed by atoms with Crippen molar-refractivity contribution >= 4 is 11.6 Å². The molecule has 0 unspecified atom stereocenters. The van der Waals surface area contributed by atoms with Crippen molar-refractivity contribution in [3.8, 4) is 22.8 Å². The molecule has 0 aliphatic rings. The third-order valence-electron chi connectivity index (χ3n) is 3.14. The second-order valence-corrected chi connectivity index (χ2v) is 5.09. The molecule has 1 aromatic carbocycles. The molecule has 0 atom stereocenters. The molecule has 0 fully saturated rings. The Balaban J connectivity index is 2.08. The number of aromatic nitrogens is 4. The first kappa shape index (κ1) is 13.8. The maximum atomic E-state index is 6.17. The molecule has 2 heterocycles. The first-order chi connectivity index (χ1) is 10.3. The summed E-state index contributed by atoms with van der Waals surface area (Å²) in [7, 11) is 0. The highest BCUT2D eigenvalue weighted by Crippen LogP contribution is 2.24. The van der Waals surface area contributed by atoms with E-state index in [0.29, 0.717) is 11.0 Å². The van der Waals surface area contributed by atoms with Crippen molar-refractivity contribution in [2.75, 3.05) is 0 Å². The Labute approximate surface area is 128 Å². The summed E-state index contributed by atoms with van der Waals surface area (Å²) >= 11 is 6.17. The molecule has 0 saturated carbocycles. The monoisotopic (exact) mass is 298 g/mol. The average molecular weight is 299 g/mol. The fourth-order valence-electron chi connectivity index (χ4n) is 2.21. The van der Waals surface area contributed by atoms with Crippen LogP contribution in [0.3, 0.4) is 0 Å². The van der Waals surface area contributed by atoms with Gasteiger partial charge in [0.2, 0.25) is 0 Å². The number of aryl methyl sites for hydroxylation is 1. The SMILES string of the molecule is CCCn1nccc1-c1cc(Cl)nc(-c2ccccc2)n1. The minimum absolute atomic E-state index is 0.433. The molecule has 21 heavy (non-hydrogen) atoms. The lowest BCUT2D eigenvalue weighted by atomic mass is 10.2. The van der Waals surface area contributed by atoms with Gasteiger partial charge in [0.05, 0.1) is 11.4 Å². The molecule has 4 nitrogen and oxygen atoms in total. The van der Waals surface area contributed by atoms with Gasteiger partial charge in [0.25, 0.3) is 0 Å². The van der Waals surface area contributed by atoms with Gasteiger partial charge in [-0.15, -0.1) is 0 Å². The lowest BCUT2D eigenvalue weighted by Gasteiger charge is -2.08. The van der Waals surface area contributed by atoms with Crippen LogP contribution >= 0.6 is 11.6 Å². The van der Waals surface area contributed by atoms with Crippen molar-refractivity contribution in [3.63, 3.8) is 0 Å². The second kappa shape index (κ2) is 6.06. The van der Waals surface area contributed by atoms with Gasteiger partial charge in [0, 0.05) is 24.4 Å². The molecule has 0 aliphatic carbocycles. The van der Waals surface area contributed by atoms with Gasteiger partial charge >= 0.3 is 0 Å². The van der Waals surface area contributed by atoms with Crippen LogP contribution in [-0.2, 0) is 6.54 Å². The van der Waals surface area contributed by atoms with E-state index in [1.807, 2.05) is 41.1 Å². The molecule has 106 valence electrons. The molecule has 2 aromatic heterocycles. The fourth-order valence-corrected chi connectivity index (χ4v) is 2.39. The molecular weight excluding hydrogens is 284 g/mol. The van der Waals surface area contributed by atoms with E-state index in [-0.39, 0.29) is 0 Å². The van der Waals surface area contributed by atoms with E-state index in [1.165, 1.54) is 0 Å². The molecule has 0 saturated heterocycles. The molecule has 0 amide bonds. The van der Waals surface area contributed by atoms with E-state index in [9.17, 15) is 0 Å². The Morgan fingerprint density at radius 1 is 1.10 bits per heavy atom. The molecule has 0 bridgehead atoms. The van der Waals surface area contributed by atoms with Crippen LogP contribution in [0, 0.1) is 0 Å². The summed E-state index contributed by atoms with van der Waals surface area (Å²) in [5.41, 5.74) is 2.70. The minimum atomic E-state index is 0.433. The lowest BCUT2D eigenvalue weighted by Crippen LogP contribution is -2.03. The zero-order valence-electron chi connectivity index (χ0n) is 11.7. The fraction of sp³-hybridized carbons (Fsp3) is 0.188. The van der Waals surface area contributed by atoms with Crippen LogP contribution in [0.5, 0.6) is 0 Å². The van der Waals surface area contributed by atoms with Crippen molar-refractivity contribution in [3.05, 3.63) is 53.8 Å². The summed E-state index contributed by atoms with van der Waals surface area (Å²) in [6.45, 7) is 2.97. The Morgan fingerprint density at radius 2 is 1.90 bits per heavy atom. The van der Waals surface area contributed by atoms with Gasteiger partial charge in [0.15, 0.2) is 5.82 Å². The van der Waals surface area contributed by atoms with Crippen LogP contribution in [0.15, 0.2) is 48.7 Å². The van der Waals surface area contributed by atoms with E-state index in [4.69, 9.17) is 11.6 Å². The summed E-state index contributed by atoms with van der Waals surface area (Å²) in [5.74, 6) is 0.627. The molecule has 0 N–H and O–H groups in total. The van der Waals surface area contributed by atoms with Gasteiger partial charge in [-0.05, 0) is 12.5 Å². The highest BCUT2D eigenvalue weighted by Gasteiger charge is 2.11. The first-order valence-electron chi connectivity index (χ1n) is 6.90. The molecule has 3 rings (SSSR count). The van der Waals surface area contributed by atoms with E-state index in [2.05, 4.69) is 22.0 Å². The molecule has 0 aliphatic heterocycles. The molecule has 5 heteroatoms. The summed E-state index contributed by atoms with van der Waals surface area (Å²) in [6, 6.07) is 13.5. The van der Waals surface area contributed by atoms with Crippen molar-refractivity contribution in [1.82, 2.24) is 19.7 Å². The zero-order chi connectivity index (χ0) is 14.7. The largest absolute Gasteiger partial charge is 0.263 e. The van der Waals surface area contributed by atoms with Crippen LogP contribution < -0.4 is 0 Å². The summed E-state index contributed by atoms with van der Waals surface area (Å²) in [4.78, 5) is 8.95. The number of hydrogen-bond donors (Lipinski definition) is 0. The maximum absolute atomic E-state index is 6.17. The van der Waals surface area contributed by atoms with Crippen LogP contribution in [0.25, 0.3) is 22.8 Å². The van der Waals surface area contributed by atoms with E-state index in [0.717, 1.165) is 29.9 Å². The van der Waals surface area contributed by atoms with Gasteiger partial charge in [-0.25, -0.2) is 9.97 Å². The van der Waals surface area contributed by atoms with Crippen LogP contribution in [0.1, 0.15) is 13.3 Å². The Bertz CT molecular complexity index is 737. The number of rotatable bonds is 4. The summed E-state index contributed by atoms with van der Waals surface area (Å²) in [6.07, 6.45) is 2.79. The average Bonchev–Trinajstić information content (AvgIpc) is 2.96. The van der Waals surface area contributed by atoms with Crippen molar-refractivity contribution < 1.29 is 0 Å². The Kier molecular flexibility index (Phi) is 3.97. The maximum Gasteiger partial charge on any atom is 0.161 e. The highest BCUT2D eigenvalue weighted by molar-refractivity contribution is 6.29. The number of hydrogen-bond acceptors (Lipinski definition) is 3. The predicted octanol–water partition coefficient (Wildman–Crippen LogP) is 4.07. The molecule has 3 aromatic rings. The van der Waals surface area contributed by atoms with Gasteiger partial charge in [-0.3, -0.25) is 4.68 Å². The quantitative estimate of drug-likeness (QED) is 0.682. The van der Waals surface area contributed by atoms with Gasteiger partial charge in [0.1, 0.15) is 5.15 Å². The number of nitrogens with zero attached hydrogens (tertiary/aromatic N) is 4. The van der Waals surface area contributed by atoms with E-state index >= 15 is 0 Å². The van der Waals surface area contributed by atoms with Crippen LogP contribution in [0.2, 0.25) is 5.15 Å². The number of benzene rings is 1.